The van der Waals surface area contributed by atoms with Gasteiger partial charge in [0.05, 0.1) is 5.60 Å². The molecule has 0 aromatic rings. The van der Waals surface area contributed by atoms with Gasteiger partial charge in [-0.2, -0.15) is 0 Å². The molecule has 3 N–H and O–H groups in total. The van der Waals surface area contributed by atoms with Crippen LogP contribution in [-0.2, 0) is 9.59 Å². The van der Waals surface area contributed by atoms with Gasteiger partial charge in [0.15, 0.2) is 0 Å². The molecule has 0 aromatic heterocycles. The molecule has 1 aliphatic carbocycles. The number of hydrogen-bond donors (Lipinski definition) is 3. The first-order valence-corrected chi connectivity index (χ1v) is 5.64. The highest BCUT2D eigenvalue weighted by Crippen LogP contribution is 2.38. The molecule has 0 radical (unpaired) electrons. The van der Waals surface area contributed by atoms with Crippen LogP contribution in [-0.4, -0.2) is 35.1 Å². The summed E-state index contributed by atoms with van der Waals surface area (Å²) in [6.07, 6.45) is 1.97. The van der Waals surface area contributed by atoms with Crippen LogP contribution >= 0.6 is 0 Å². The van der Waals surface area contributed by atoms with E-state index in [2.05, 4.69) is 10.6 Å². The van der Waals surface area contributed by atoms with E-state index in [0.29, 0.717) is 0 Å². The fourth-order valence-electron chi connectivity index (χ4n) is 1.52. The Kier molecular flexibility index (Phi) is 3.91. The lowest BCUT2D eigenvalue weighted by Gasteiger charge is -2.23. The molecule has 0 aliphatic heterocycles. The lowest BCUT2D eigenvalue weighted by molar-refractivity contribution is -0.140. The fourth-order valence-corrected chi connectivity index (χ4v) is 1.52. The topological polar surface area (TPSA) is 78.4 Å². The molecule has 0 aromatic carbocycles. The molecule has 1 atom stereocenters. The molecule has 0 spiro atoms. The Balaban J connectivity index is 2.31. The Labute approximate surface area is 95.6 Å². The molecule has 2 amide bonds. The molecular weight excluding hydrogens is 208 g/mol. The molecular formula is C11H20N2O3. The van der Waals surface area contributed by atoms with Crippen molar-refractivity contribution in [3.63, 3.8) is 0 Å². The predicted molar refractivity (Wildman–Crippen MR) is 59.6 cm³/mol. The van der Waals surface area contributed by atoms with Gasteiger partial charge >= 0.3 is 11.8 Å². The largest absolute Gasteiger partial charge is 0.388 e. The molecule has 16 heavy (non-hydrogen) atoms. The van der Waals surface area contributed by atoms with Crippen LogP contribution in [0, 0.1) is 5.92 Å². The molecule has 0 bridgehead atoms. The van der Waals surface area contributed by atoms with E-state index in [1.807, 2.05) is 0 Å². The number of amides is 2. The first kappa shape index (κ1) is 13.0. The molecule has 1 fully saturated rings. The van der Waals surface area contributed by atoms with Crippen LogP contribution in [0.2, 0.25) is 0 Å². The molecule has 1 unspecified atom stereocenters. The Morgan fingerprint density at radius 2 is 1.94 bits per heavy atom. The zero-order valence-electron chi connectivity index (χ0n) is 10.0. The van der Waals surface area contributed by atoms with E-state index in [1.165, 1.54) is 0 Å². The Hall–Kier alpha value is -1.10. The summed E-state index contributed by atoms with van der Waals surface area (Å²) in [4.78, 5) is 22.6. The fraction of sp³-hybridized carbons (Fsp3) is 0.818. The van der Waals surface area contributed by atoms with Crippen LogP contribution in [0.4, 0.5) is 0 Å². The molecule has 0 heterocycles. The Bertz CT molecular complexity index is 283. The van der Waals surface area contributed by atoms with Crippen LogP contribution < -0.4 is 10.6 Å². The third kappa shape index (κ3) is 3.81. The highest BCUT2D eigenvalue weighted by Gasteiger charge is 2.40. The summed E-state index contributed by atoms with van der Waals surface area (Å²) in [7, 11) is 0. The molecule has 1 rings (SSSR count). The minimum atomic E-state index is -0.895. The summed E-state index contributed by atoms with van der Waals surface area (Å²) < 4.78 is 0. The monoisotopic (exact) mass is 228 g/mol. The summed E-state index contributed by atoms with van der Waals surface area (Å²) in [5, 5.41) is 14.9. The molecule has 5 heteroatoms. The van der Waals surface area contributed by atoms with E-state index in [4.69, 9.17) is 0 Å². The van der Waals surface area contributed by atoms with Gasteiger partial charge in [0, 0.05) is 12.6 Å². The quantitative estimate of drug-likeness (QED) is 0.582. The molecule has 5 nitrogen and oxygen atoms in total. The lowest BCUT2D eigenvalue weighted by atomic mass is 10.0. The number of rotatable bonds is 4. The second-order valence-electron chi connectivity index (χ2n) is 4.94. The number of hydrogen-bond acceptors (Lipinski definition) is 3. The highest BCUT2D eigenvalue weighted by molar-refractivity contribution is 6.35. The standard InChI is InChI=1S/C11H20N2O3/c1-7(2)13-10(15)9(14)12-6-11(3,16)8-4-5-8/h7-8,16H,4-6H2,1-3H3,(H,12,14)(H,13,15). The van der Waals surface area contributed by atoms with Crippen molar-refractivity contribution in [2.24, 2.45) is 5.92 Å². The summed E-state index contributed by atoms with van der Waals surface area (Å²) in [6.45, 7) is 5.38. The van der Waals surface area contributed by atoms with Gasteiger partial charge in [0.25, 0.3) is 0 Å². The maximum Gasteiger partial charge on any atom is 0.309 e. The first-order valence-electron chi connectivity index (χ1n) is 5.64. The van der Waals surface area contributed by atoms with Crippen LogP contribution in [0.3, 0.4) is 0 Å². The van der Waals surface area contributed by atoms with Crippen molar-refractivity contribution in [1.29, 1.82) is 0 Å². The van der Waals surface area contributed by atoms with Crippen molar-refractivity contribution in [3.05, 3.63) is 0 Å². The molecule has 1 saturated carbocycles. The molecule has 1 aliphatic rings. The van der Waals surface area contributed by atoms with E-state index in [9.17, 15) is 14.7 Å². The van der Waals surface area contributed by atoms with Gasteiger partial charge in [0.1, 0.15) is 0 Å². The van der Waals surface area contributed by atoms with Crippen molar-refractivity contribution in [1.82, 2.24) is 10.6 Å². The van der Waals surface area contributed by atoms with E-state index < -0.39 is 17.4 Å². The Morgan fingerprint density at radius 3 is 2.38 bits per heavy atom. The van der Waals surface area contributed by atoms with E-state index >= 15 is 0 Å². The second kappa shape index (κ2) is 4.82. The van der Waals surface area contributed by atoms with Crippen molar-refractivity contribution in [3.8, 4) is 0 Å². The van der Waals surface area contributed by atoms with Crippen LogP contribution in [0.5, 0.6) is 0 Å². The number of nitrogens with one attached hydrogen (secondary N) is 2. The Morgan fingerprint density at radius 1 is 1.38 bits per heavy atom. The van der Waals surface area contributed by atoms with Crippen molar-refractivity contribution < 1.29 is 14.7 Å². The zero-order valence-corrected chi connectivity index (χ0v) is 10.0. The lowest BCUT2D eigenvalue weighted by Crippen LogP contribution is -2.48. The smallest absolute Gasteiger partial charge is 0.309 e. The molecule has 0 saturated heterocycles. The average Bonchev–Trinajstić information content (AvgIpc) is 2.96. The van der Waals surface area contributed by atoms with E-state index in [0.717, 1.165) is 12.8 Å². The summed E-state index contributed by atoms with van der Waals surface area (Å²) in [5.41, 5.74) is -0.895. The van der Waals surface area contributed by atoms with Gasteiger partial charge in [-0.1, -0.05) is 0 Å². The van der Waals surface area contributed by atoms with Gasteiger partial charge in [-0.05, 0) is 39.5 Å². The number of carbonyl (C=O) groups is 2. The minimum Gasteiger partial charge on any atom is -0.388 e. The number of aliphatic hydroxyl groups is 1. The third-order valence-corrected chi connectivity index (χ3v) is 2.69. The summed E-state index contributed by atoms with van der Waals surface area (Å²) in [5.74, 6) is -1.09. The second-order valence-corrected chi connectivity index (χ2v) is 4.94. The highest BCUT2D eigenvalue weighted by atomic mass is 16.3. The SMILES string of the molecule is CC(C)NC(=O)C(=O)NCC(C)(O)C1CC1. The minimum absolute atomic E-state index is 0.0674. The zero-order chi connectivity index (χ0) is 12.3. The van der Waals surface area contributed by atoms with Gasteiger partial charge in [-0.25, -0.2) is 0 Å². The average molecular weight is 228 g/mol. The first-order chi connectivity index (χ1) is 7.33. The number of carbonyl (C=O) groups excluding carboxylic acids is 2. The van der Waals surface area contributed by atoms with Crippen LogP contribution in [0.25, 0.3) is 0 Å². The van der Waals surface area contributed by atoms with Crippen molar-refractivity contribution in [2.75, 3.05) is 6.54 Å². The van der Waals surface area contributed by atoms with Gasteiger partial charge in [0.2, 0.25) is 0 Å². The summed E-state index contributed by atoms with van der Waals surface area (Å²) in [6, 6.07) is -0.0674. The van der Waals surface area contributed by atoms with Crippen molar-refractivity contribution >= 4 is 11.8 Å². The molecule has 92 valence electrons. The van der Waals surface area contributed by atoms with Gasteiger partial charge in [-0.15, -0.1) is 0 Å². The van der Waals surface area contributed by atoms with Gasteiger partial charge in [-0.3, -0.25) is 9.59 Å². The normalized spacial score (nSPS) is 19.1. The van der Waals surface area contributed by atoms with Crippen molar-refractivity contribution in [2.45, 2.75) is 45.3 Å². The maximum absolute atomic E-state index is 11.3. The van der Waals surface area contributed by atoms with E-state index in [1.54, 1.807) is 20.8 Å². The predicted octanol–water partition coefficient (Wildman–Crippen LogP) is -0.212. The van der Waals surface area contributed by atoms with E-state index in [-0.39, 0.29) is 18.5 Å². The van der Waals surface area contributed by atoms with Crippen LogP contribution in [0.1, 0.15) is 33.6 Å². The third-order valence-electron chi connectivity index (χ3n) is 2.69. The van der Waals surface area contributed by atoms with Gasteiger partial charge < -0.3 is 15.7 Å². The summed E-state index contributed by atoms with van der Waals surface area (Å²) >= 11 is 0. The maximum atomic E-state index is 11.3. The van der Waals surface area contributed by atoms with Crippen LogP contribution in [0.15, 0.2) is 0 Å².